The fourth-order valence-electron chi connectivity index (χ4n) is 6.28. The Labute approximate surface area is 362 Å². The van der Waals surface area contributed by atoms with E-state index in [2.05, 4.69) is 9.88 Å². The minimum absolute atomic E-state index is 0.0459. The smallest absolute Gasteiger partial charge is 0.410 e. The highest BCUT2D eigenvalue weighted by atomic mass is 16.6. The Kier molecular flexibility index (Phi) is 19.5. The Balaban J connectivity index is 1.13. The molecule has 0 fully saturated rings. The average Bonchev–Trinajstić information content (AvgIpc) is 3.31. The largest absolute Gasteiger partial charge is 0.497 e. The van der Waals surface area contributed by atoms with Gasteiger partial charge in [0.2, 0.25) is 11.8 Å². The van der Waals surface area contributed by atoms with Crippen molar-refractivity contribution in [3.63, 3.8) is 0 Å². The number of carbonyl (C=O) groups is 2. The van der Waals surface area contributed by atoms with E-state index in [1.54, 1.807) is 51.5 Å². The zero-order valence-corrected chi connectivity index (χ0v) is 35.6. The van der Waals surface area contributed by atoms with E-state index in [1.807, 2.05) is 97.1 Å². The summed E-state index contributed by atoms with van der Waals surface area (Å²) < 4.78 is 56.2. The van der Waals surface area contributed by atoms with Crippen molar-refractivity contribution in [2.24, 2.45) is 0 Å². The molecule has 0 bridgehead atoms. The Morgan fingerprint density at radius 2 is 1.03 bits per heavy atom. The molecule has 0 N–H and O–H groups in total. The van der Waals surface area contributed by atoms with E-state index >= 15 is 0 Å². The Morgan fingerprint density at radius 1 is 0.565 bits per heavy atom. The van der Waals surface area contributed by atoms with Gasteiger partial charge in [0.15, 0.2) is 0 Å². The summed E-state index contributed by atoms with van der Waals surface area (Å²) in [7, 11) is 6.46. The fourth-order valence-corrected chi connectivity index (χ4v) is 6.28. The number of carbonyl (C=O) groups excluding carboxylic acids is 2. The van der Waals surface area contributed by atoms with Gasteiger partial charge in [-0.05, 0) is 70.8 Å². The van der Waals surface area contributed by atoms with Gasteiger partial charge in [0, 0.05) is 38.3 Å². The summed E-state index contributed by atoms with van der Waals surface area (Å²) in [5, 5.41) is 0. The molecule has 1 aromatic heterocycles. The molecule has 0 radical (unpaired) electrons. The molecule has 1 unspecified atom stereocenters. The number of aromatic nitrogens is 1. The quantitative estimate of drug-likeness (QED) is 0.0291. The summed E-state index contributed by atoms with van der Waals surface area (Å²) in [4.78, 5) is 32.4. The molecule has 1 atom stereocenters. The van der Waals surface area contributed by atoms with E-state index in [0.717, 1.165) is 33.8 Å². The van der Waals surface area contributed by atoms with Crippen molar-refractivity contribution in [2.45, 2.75) is 32.4 Å². The van der Waals surface area contributed by atoms with Gasteiger partial charge in [-0.15, -0.1) is 0 Å². The molecule has 0 saturated carbocycles. The number of ether oxygens (including phenoxy) is 10. The first-order valence-corrected chi connectivity index (χ1v) is 20.0. The van der Waals surface area contributed by atoms with Crippen molar-refractivity contribution < 1.29 is 57.0 Å². The molecule has 4 aromatic carbocycles. The molecule has 0 aliphatic rings. The van der Waals surface area contributed by atoms with Crippen LogP contribution in [0, 0.1) is 0 Å². The van der Waals surface area contributed by atoms with E-state index in [9.17, 15) is 9.59 Å². The first-order chi connectivity index (χ1) is 30.4. The van der Waals surface area contributed by atoms with Crippen LogP contribution in [0.2, 0.25) is 0 Å². The number of hydrogen-bond acceptors (Lipinski definition) is 14. The number of methoxy groups -OCH3 is 4. The number of pyridine rings is 1. The molecule has 5 aromatic rings. The molecule has 0 spiro atoms. The van der Waals surface area contributed by atoms with Crippen LogP contribution in [0.5, 0.6) is 34.8 Å². The maximum Gasteiger partial charge on any atom is 0.410 e. The third kappa shape index (κ3) is 15.8. The third-order valence-electron chi connectivity index (χ3n) is 9.30. The Hall–Kier alpha value is -6.55. The highest BCUT2D eigenvalue weighted by Gasteiger charge is 2.23. The number of amides is 1. The van der Waals surface area contributed by atoms with Crippen LogP contribution in [0.15, 0.2) is 115 Å². The molecule has 15 nitrogen and oxygen atoms in total. The van der Waals surface area contributed by atoms with Crippen LogP contribution in [0.1, 0.15) is 22.3 Å². The minimum Gasteiger partial charge on any atom is -0.497 e. The molecular formula is C47H55N3O12. The lowest BCUT2D eigenvalue weighted by Gasteiger charge is -2.31. The summed E-state index contributed by atoms with van der Waals surface area (Å²) in [5.74, 6) is 3.52. The van der Waals surface area contributed by atoms with Crippen LogP contribution in [0.4, 0.5) is 4.79 Å². The fraction of sp³-hybridized carbons (Fsp3) is 0.340. The van der Waals surface area contributed by atoms with Gasteiger partial charge in [0.1, 0.15) is 55.7 Å². The summed E-state index contributed by atoms with van der Waals surface area (Å²) in [5.41, 5.74) is 3.78. The van der Waals surface area contributed by atoms with Gasteiger partial charge < -0.3 is 47.4 Å². The third-order valence-corrected chi connectivity index (χ3v) is 9.30. The molecule has 0 saturated heterocycles. The second-order valence-corrected chi connectivity index (χ2v) is 13.7. The topological polar surface area (TPSA) is 146 Å². The van der Waals surface area contributed by atoms with Crippen molar-refractivity contribution in [3.05, 3.63) is 138 Å². The average molecular weight is 854 g/mol. The first kappa shape index (κ1) is 46.5. The maximum absolute atomic E-state index is 13.3. The predicted octanol–water partition coefficient (Wildman–Crippen LogP) is 6.95. The highest BCUT2D eigenvalue weighted by Crippen LogP contribution is 2.23. The zero-order valence-electron chi connectivity index (χ0n) is 35.6. The van der Waals surface area contributed by atoms with E-state index in [1.165, 1.54) is 0 Å². The Bertz CT molecular complexity index is 2000. The summed E-state index contributed by atoms with van der Waals surface area (Å²) in [6, 6.07) is 35.9. The molecule has 330 valence electrons. The van der Waals surface area contributed by atoms with Crippen LogP contribution >= 0.6 is 0 Å². The molecule has 0 aliphatic carbocycles. The van der Waals surface area contributed by atoms with Gasteiger partial charge in [0.25, 0.3) is 6.47 Å². The monoisotopic (exact) mass is 853 g/mol. The van der Waals surface area contributed by atoms with Gasteiger partial charge in [-0.3, -0.25) is 14.6 Å². The van der Waals surface area contributed by atoms with E-state index < -0.39 is 12.3 Å². The number of hydrogen-bond donors (Lipinski definition) is 0. The summed E-state index contributed by atoms with van der Waals surface area (Å²) >= 11 is 0. The van der Waals surface area contributed by atoms with Gasteiger partial charge in [-0.25, -0.2) is 4.79 Å². The summed E-state index contributed by atoms with van der Waals surface area (Å²) in [6.45, 7) is 2.91. The lowest BCUT2D eigenvalue weighted by atomic mass is 10.1. The number of benzene rings is 4. The van der Waals surface area contributed by atoms with Crippen molar-refractivity contribution in [1.82, 2.24) is 14.8 Å². The van der Waals surface area contributed by atoms with Crippen LogP contribution in [0.25, 0.3) is 0 Å². The van der Waals surface area contributed by atoms with E-state index in [-0.39, 0.29) is 46.2 Å². The molecule has 1 amide bonds. The van der Waals surface area contributed by atoms with Crippen LogP contribution in [-0.4, -0.2) is 108 Å². The van der Waals surface area contributed by atoms with Crippen LogP contribution < -0.4 is 28.4 Å². The van der Waals surface area contributed by atoms with Gasteiger partial charge in [-0.2, -0.15) is 4.98 Å². The lowest BCUT2D eigenvalue weighted by molar-refractivity contribution is -0.135. The Morgan fingerprint density at radius 3 is 1.53 bits per heavy atom. The SMILES string of the molecule is COc1cccc(CN(Cc2cccc(OC)c2)C(=O)OCCOCCOc2cccc(OCC(OCCOC=O)N(Cc3cccc(OC)c3)Cc3cccc(OC)c3)n2)c1. The molecule has 5 rings (SSSR count). The number of rotatable bonds is 28. The molecule has 0 aliphatic heterocycles. The van der Waals surface area contributed by atoms with E-state index in [0.29, 0.717) is 55.9 Å². The summed E-state index contributed by atoms with van der Waals surface area (Å²) in [6.07, 6.45) is -1.07. The van der Waals surface area contributed by atoms with Gasteiger partial charge >= 0.3 is 6.09 Å². The van der Waals surface area contributed by atoms with Crippen molar-refractivity contribution in [2.75, 3.05) is 74.7 Å². The van der Waals surface area contributed by atoms with Crippen molar-refractivity contribution in [3.8, 4) is 34.8 Å². The highest BCUT2D eigenvalue weighted by molar-refractivity contribution is 5.67. The second-order valence-electron chi connectivity index (χ2n) is 13.7. The predicted molar refractivity (Wildman–Crippen MR) is 230 cm³/mol. The first-order valence-electron chi connectivity index (χ1n) is 20.0. The van der Waals surface area contributed by atoms with Gasteiger partial charge in [-0.1, -0.05) is 54.6 Å². The normalized spacial score (nSPS) is 11.3. The zero-order chi connectivity index (χ0) is 43.8. The van der Waals surface area contributed by atoms with Crippen molar-refractivity contribution in [1.29, 1.82) is 0 Å². The van der Waals surface area contributed by atoms with Crippen LogP contribution in [-0.2, 0) is 49.9 Å². The molecule has 1 heterocycles. The molecule has 62 heavy (non-hydrogen) atoms. The minimum atomic E-state index is -0.590. The lowest BCUT2D eigenvalue weighted by Crippen LogP contribution is -2.41. The molecule has 15 heteroatoms. The second kappa shape index (κ2) is 25.9. The van der Waals surface area contributed by atoms with Gasteiger partial charge in [0.05, 0.1) is 48.3 Å². The maximum atomic E-state index is 13.3. The van der Waals surface area contributed by atoms with Crippen LogP contribution in [0.3, 0.4) is 0 Å². The standard InChI is InChI=1S/C47H55N3O12/c1-53-40-14-5-10-36(26-40)30-49(31-37-11-6-15-41(27-37)54-2)46(60-24-22-58-35-51)34-62-45-19-9-18-44(48-45)59-23-20-57-21-25-61-47(52)50(32-38-12-7-16-42(28-38)55-3)33-39-13-8-17-43(29-39)56-4/h5-19,26-29,35,46H,20-25,30-34H2,1-4H3. The van der Waals surface area contributed by atoms with Crippen molar-refractivity contribution >= 4 is 12.6 Å². The molecular weight excluding hydrogens is 799 g/mol. The number of nitrogens with zero attached hydrogens (tertiary/aromatic N) is 3. The van der Waals surface area contributed by atoms with E-state index in [4.69, 9.17) is 47.4 Å².